The third kappa shape index (κ3) is 6.15. The van der Waals surface area contributed by atoms with Crippen LogP contribution in [-0.2, 0) is 26.2 Å². The maximum absolute atomic E-state index is 3.52. The minimum atomic E-state index is 0. The molecule has 0 spiro atoms. The van der Waals surface area contributed by atoms with Crippen molar-refractivity contribution in [2.45, 2.75) is 25.7 Å². The summed E-state index contributed by atoms with van der Waals surface area (Å²) < 4.78 is 0. The molecule has 0 N–H and O–H groups in total. The molecule has 0 heterocycles. The van der Waals surface area contributed by atoms with E-state index in [1.807, 2.05) is 0 Å². The van der Waals surface area contributed by atoms with Gasteiger partial charge in [-0.3, -0.25) is 0 Å². The Bertz CT molecular complexity index is 1190. The Morgan fingerprint density at radius 1 is 0.457 bits per heavy atom. The molecule has 0 unspecified atom stereocenters. The fourth-order valence-electron chi connectivity index (χ4n) is 4.67. The van der Waals surface area contributed by atoms with Crippen molar-refractivity contribution >= 4 is 11.1 Å². The first-order valence-corrected chi connectivity index (χ1v) is 11.3. The Hall–Kier alpha value is -2.18. The van der Waals surface area contributed by atoms with E-state index in [4.69, 9.17) is 0 Å². The van der Waals surface area contributed by atoms with E-state index < -0.39 is 0 Å². The van der Waals surface area contributed by atoms with Crippen LogP contribution in [0.3, 0.4) is 0 Å². The number of rotatable bonds is 2. The fraction of sp³-hybridized carbons (Fsp3) is 0.125. The molecule has 0 saturated heterocycles. The Kier molecular flexibility index (Phi) is 11.0. The predicted molar refractivity (Wildman–Crippen MR) is 134 cm³/mol. The largest absolute Gasteiger partial charge is 4.00 e. The smallest absolute Gasteiger partial charge is 1.00 e. The van der Waals surface area contributed by atoms with Gasteiger partial charge in [0.1, 0.15) is 0 Å². The van der Waals surface area contributed by atoms with Crippen molar-refractivity contribution in [2.24, 2.45) is 0 Å². The first kappa shape index (κ1) is 29.1. The number of hydrogen-bond donors (Lipinski definition) is 0. The fourth-order valence-corrected chi connectivity index (χ4v) is 4.67. The topological polar surface area (TPSA) is 0 Å². The van der Waals surface area contributed by atoms with E-state index in [0.717, 1.165) is 0 Å². The summed E-state index contributed by atoms with van der Waals surface area (Å²) in [5.41, 5.74) is 10.5. The van der Waals surface area contributed by atoms with E-state index >= 15 is 0 Å². The van der Waals surface area contributed by atoms with Gasteiger partial charge in [0.2, 0.25) is 0 Å². The van der Waals surface area contributed by atoms with E-state index in [1.54, 1.807) is 0 Å². The van der Waals surface area contributed by atoms with Crippen LogP contribution in [0, 0.1) is 12.2 Å². The van der Waals surface area contributed by atoms with Crippen LogP contribution >= 0.6 is 0 Å². The van der Waals surface area contributed by atoms with Crippen LogP contribution in [-0.4, -0.2) is 0 Å². The average molecular weight is 573 g/mol. The van der Waals surface area contributed by atoms with E-state index in [1.165, 1.54) is 44.5 Å². The van der Waals surface area contributed by atoms with Crippen molar-refractivity contribution in [3.63, 3.8) is 0 Å². The van der Waals surface area contributed by atoms with E-state index in [9.17, 15) is 0 Å². The van der Waals surface area contributed by atoms with Gasteiger partial charge >= 0.3 is 26.2 Å². The maximum atomic E-state index is 3.52. The molecular formula is C32H26Cl2Zr. The van der Waals surface area contributed by atoms with Crippen molar-refractivity contribution in [1.29, 1.82) is 0 Å². The van der Waals surface area contributed by atoms with Gasteiger partial charge in [-0.2, -0.15) is 0 Å². The molecule has 2 aliphatic carbocycles. The third-order valence-corrected chi connectivity index (χ3v) is 6.43. The summed E-state index contributed by atoms with van der Waals surface area (Å²) in [6, 6.07) is 38.1. The van der Waals surface area contributed by atoms with Gasteiger partial charge in [0.25, 0.3) is 0 Å². The molecule has 4 aromatic carbocycles. The second-order valence-electron chi connectivity index (χ2n) is 8.43. The zero-order chi connectivity index (χ0) is 21.9. The van der Waals surface area contributed by atoms with E-state index in [-0.39, 0.29) is 51.0 Å². The molecule has 0 radical (unpaired) electrons. The van der Waals surface area contributed by atoms with Crippen molar-refractivity contribution in [1.82, 2.24) is 0 Å². The Morgan fingerprint density at radius 2 is 0.771 bits per heavy atom. The van der Waals surface area contributed by atoms with E-state index in [2.05, 4.69) is 135 Å². The van der Waals surface area contributed by atoms with Gasteiger partial charge in [0.05, 0.1) is 0 Å². The molecule has 0 saturated carbocycles. The monoisotopic (exact) mass is 570 g/mol. The summed E-state index contributed by atoms with van der Waals surface area (Å²) in [5.74, 6) is 0.914. The van der Waals surface area contributed by atoms with Gasteiger partial charge < -0.3 is 24.8 Å². The predicted octanol–water partition coefficient (Wildman–Crippen LogP) is 2.08. The number of benzene rings is 4. The summed E-state index contributed by atoms with van der Waals surface area (Å²) in [6.45, 7) is 4.50. The first-order chi connectivity index (χ1) is 15.7. The Labute approximate surface area is 241 Å². The molecular weight excluding hydrogens is 546 g/mol. The molecule has 0 nitrogen and oxygen atoms in total. The van der Waals surface area contributed by atoms with Crippen molar-refractivity contribution in [2.75, 3.05) is 0 Å². The van der Waals surface area contributed by atoms with Gasteiger partial charge in [0, 0.05) is 0 Å². The molecule has 3 heteroatoms. The zero-order valence-electron chi connectivity index (χ0n) is 19.8. The molecule has 2 aliphatic rings. The molecule has 35 heavy (non-hydrogen) atoms. The van der Waals surface area contributed by atoms with Crippen LogP contribution in [0.5, 0.6) is 0 Å². The average Bonchev–Trinajstić information content (AvgIpc) is 3.38. The molecule has 0 bridgehead atoms. The number of fused-ring (bicyclic) bond motifs is 2. The van der Waals surface area contributed by atoms with Crippen molar-refractivity contribution in [3.8, 4) is 0 Å². The third-order valence-electron chi connectivity index (χ3n) is 6.43. The Morgan fingerprint density at radius 3 is 1.11 bits per heavy atom. The van der Waals surface area contributed by atoms with Crippen molar-refractivity contribution in [3.05, 3.63) is 155 Å². The molecule has 0 amide bonds. The standard InChI is InChI=1S/2C16H13.2ClH.Zr/c2*1-12-15-10-6-5-9-14(15)11-16(12)13-7-3-2-4-8-13;;;/h2*2-10,12H,1H3;2*1H;/q2*-1;;;+4/p-2/t2*12-;;;/m10.../s1. The quantitative estimate of drug-likeness (QED) is 0.323. The van der Waals surface area contributed by atoms with Gasteiger partial charge in [-0.1, -0.05) is 97.8 Å². The number of hydrogen-bond acceptors (Lipinski definition) is 0. The molecule has 6 rings (SSSR count). The zero-order valence-corrected chi connectivity index (χ0v) is 23.8. The second-order valence-corrected chi connectivity index (χ2v) is 8.43. The van der Waals surface area contributed by atoms with Crippen LogP contribution in [0.2, 0.25) is 0 Å². The van der Waals surface area contributed by atoms with Crippen LogP contribution in [0.25, 0.3) is 11.1 Å². The van der Waals surface area contributed by atoms with Gasteiger partial charge in [-0.25, -0.2) is 0 Å². The molecule has 0 aliphatic heterocycles. The van der Waals surface area contributed by atoms with Crippen LogP contribution in [0.1, 0.15) is 59.1 Å². The maximum Gasteiger partial charge on any atom is 4.00 e. The van der Waals surface area contributed by atoms with Crippen LogP contribution < -0.4 is 24.8 Å². The molecule has 4 aromatic rings. The normalized spacial score (nSPS) is 16.5. The van der Waals surface area contributed by atoms with Gasteiger partial charge in [-0.05, 0) is 11.8 Å². The second kappa shape index (κ2) is 13.2. The van der Waals surface area contributed by atoms with Crippen LogP contribution in [0.15, 0.2) is 109 Å². The molecule has 0 fully saturated rings. The van der Waals surface area contributed by atoms with Crippen molar-refractivity contribution < 1.29 is 51.0 Å². The summed E-state index contributed by atoms with van der Waals surface area (Å²) in [4.78, 5) is 0. The van der Waals surface area contributed by atoms with Crippen LogP contribution in [0.4, 0.5) is 0 Å². The molecule has 172 valence electrons. The summed E-state index contributed by atoms with van der Waals surface area (Å²) in [6.07, 6.45) is 7.03. The first-order valence-electron chi connectivity index (χ1n) is 11.3. The summed E-state index contributed by atoms with van der Waals surface area (Å²) in [7, 11) is 0. The molecule has 2 atom stereocenters. The number of allylic oxidation sites excluding steroid dienone is 2. The number of halogens is 2. The minimum Gasteiger partial charge on any atom is -1.00 e. The minimum absolute atomic E-state index is 0. The van der Waals surface area contributed by atoms with Gasteiger partial charge in [0.15, 0.2) is 0 Å². The SMILES string of the molecule is C[C@@H]1C(c2ccccc2)=[C-]c2ccccc21.C[C@H]1C(c2ccccc2)=[C-]c2ccccc21.[Cl-].[Cl-].[Zr+4]. The molecule has 0 aromatic heterocycles. The van der Waals surface area contributed by atoms with E-state index in [0.29, 0.717) is 11.8 Å². The summed E-state index contributed by atoms with van der Waals surface area (Å²) >= 11 is 0. The van der Waals surface area contributed by atoms with Gasteiger partial charge in [-0.15, -0.1) is 82.0 Å². The Balaban J connectivity index is 0.000000227. The summed E-state index contributed by atoms with van der Waals surface area (Å²) in [5, 5.41) is 0.